The third-order valence-corrected chi connectivity index (χ3v) is 6.70. The van der Waals surface area contributed by atoms with Crippen LogP contribution in [0.5, 0.6) is 0 Å². The second-order valence-corrected chi connectivity index (χ2v) is 8.89. The quantitative estimate of drug-likeness (QED) is 0.740. The molecule has 134 valence electrons. The van der Waals surface area contributed by atoms with Crippen molar-refractivity contribution in [2.75, 3.05) is 11.5 Å². The van der Waals surface area contributed by atoms with Crippen LogP contribution in [0.25, 0.3) is 22.0 Å². The maximum absolute atomic E-state index is 13.2. The number of nitrogens with one attached hydrogen (secondary N) is 1. The number of aromatic nitrogens is 1. The molecule has 1 aliphatic heterocycles. The van der Waals surface area contributed by atoms with Crippen molar-refractivity contribution in [2.24, 2.45) is 5.73 Å². The lowest BCUT2D eigenvalue weighted by molar-refractivity contribution is 0.100. The second-order valence-electron chi connectivity index (χ2n) is 6.66. The highest BCUT2D eigenvalue weighted by atomic mass is 32.2. The summed E-state index contributed by atoms with van der Waals surface area (Å²) < 4.78 is 36.9. The number of halogens is 1. The number of carbonyl (C=O) groups is 1. The van der Waals surface area contributed by atoms with E-state index in [1.165, 1.54) is 12.1 Å². The standard InChI is InChI=1S/C19H17FN2O3S/c20-14-3-1-11(2-4-14)13-7-15-17(12-5-6-26(24,25)10-12)9-22-18(15)16(8-13)19(21)23/h1-4,7-9,12,22H,5-6,10H2,(H2,21,23)/t12-/m1/s1. The van der Waals surface area contributed by atoms with Crippen molar-refractivity contribution in [1.82, 2.24) is 4.98 Å². The highest BCUT2D eigenvalue weighted by Gasteiger charge is 2.31. The Kier molecular flexibility index (Phi) is 3.84. The lowest BCUT2D eigenvalue weighted by Gasteiger charge is -2.10. The summed E-state index contributed by atoms with van der Waals surface area (Å²) in [4.78, 5) is 15.0. The minimum atomic E-state index is -3.03. The first kappa shape index (κ1) is 16.8. The van der Waals surface area contributed by atoms with Crippen LogP contribution in [0.3, 0.4) is 0 Å². The molecule has 7 heteroatoms. The predicted molar refractivity (Wildman–Crippen MR) is 98.2 cm³/mol. The molecule has 5 nitrogen and oxygen atoms in total. The highest BCUT2D eigenvalue weighted by molar-refractivity contribution is 7.91. The molecule has 1 saturated heterocycles. The molecule has 0 unspecified atom stereocenters. The first-order valence-electron chi connectivity index (χ1n) is 8.25. The van der Waals surface area contributed by atoms with Crippen molar-refractivity contribution < 1.29 is 17.6 Å². The van der Waals surface area contributed by atoms with Crippen LogP contribution in [0.2, 0.25) is 0 Å². The predicted octanol–water partition coefficient (Wildman–Crippen LogP) is 2.98. The Balaban J connectivity index is 1.91. The maximum atomic E-state index is 13.2. The van der Waals surface area contributed by atoms with Crippen LogP contribution in [0.4, 0.5) is 4.39 Å². The lowest BCUT2D eigenvalue weighted by Crippen LogP contribution is -2.11. The van der Waals surface area contributed by atoms with Gasteiger partial charge in [0.25, 0.3) is 5.91 Å². The molecule has 1 aromatic heterocycles. The lowest BCUT2D eigenvalue weighted by atomic mass is 9.94. The van der Waals surface area contributed by atoms with E-state index in [0.29, 0.717) is 17.5 Å². The summed E-state index contributed by atoms with van der Waals surface area (Å²) in [5.74, 6) is -0.759. The van der Waals surface area contributed by atoms with Crippen molar-refractivity contribution in [3.05, 3.63) is 59.5 Å². The topological polar surface area (TPSA) is 93.0 Å². The maximum Gasteiger partial charge on any atom is 0.250 e. The van der Waals surface area contributed by atoms with Crippen LogP contribution in [0.15, 0.2) is 42.6 Å². The molecule has 0 saturated carbocycles. The number of hydrogen-bond donors (Lipinski definition) is 2. The molecular formula is C19H17FN2O3S. The van der Waals surface area contributed by atoms with Crippen LogP contribution in [-0.2, 0) is 9.84 Å². The van der Waals surface area contributed by atoms with E-state index in [0.717, 1.165) is 22.1 Å². The van der Waals surface area contributed by atoms with E-state index < -0.39 is 15.7 Å². The summed E-state index contributed by atoms with van der Waals surface area (Å²) in [7, 11) is -3.03. The third-order valence-electron chi connectivity index (χ3n) is 4.94. The van der Waals surface area contributed by atoms with Crippen molar-refractivity contribution >= 4 is 26.6 Å². The fourth-order valence-corrected chi connectivity index (χ4v) is 5.40. The number of carbonyl (C=O) groups excluding carboxylic acids is 1. The van der Waals surface area contributed by atoms with Crippen LogP contribution in [0.1, 0.15) is 28.3 Å². The number of aromatic amines is 1. The Morgan fingerprint density at radius 3 is 2.50 bits per heavy atom. The molecule has 0 spiro atoms. The van der Waals surface area contributed by atoms with E-state index in [1.807, 2.05) is 6.07 Å². The fourth-order valence-electron chi connectivity index (χ4n) is 3.63. The molecule has 4 rings (SSSR count). The molecular weight excluding hydrogens is 355 g/mol. The highest BCUT2D eigenvalue weighted by Crippen LogP contribution is 2.37. The Morgan fingerprint density at radius 2 is 1.88 bits per heavy atom. The summed E-state index contributed by atoms with van der Waals surface area (Å²) in [6.07, 6.45) is 2.32. The van der Waals surface area contributed by atoms with E-state index >= 15 is 0 Å². The number of rotatable bonds is 3. The first-order chi connectivity index (χ1) is 12.3. The molecule has 0 aliphatic carbocycles. The van der Waals surface area contributed by atoms with E-state index in [4.69, 9.17) is 5.73 Å². The zero-order chi connectivity index (χ0) is 18.5. The molecule has 1 fully saturated rings. The molecule has 1 atom stereocenters. The Labute approximate surface area is 149 Å². The van der Waals surface area contributed by atoms with Gasteiger partial charge in [-0.05, 0) is 47.4 Å². The zero-order valence-electron chi connectivity index (χ0n) is 13.8. The smallest absolute Gasteiger partial charge is 0.250 e. The number of hydrogen-bond acceptors (Lipinski definition) is 3. The van der Waals surface area contributed by atoms with Gasteiger partial charge in [-0.15, -0.1) is 0 Å². The Bertz CT molecular complexity index is 1120. The Hall–Kier alpha value is -2.67. The van der Waals surface area contributed by atoms with Gasteiger partial charge in [0, 0.05) is 17.5 Å². The van der Waals surface area contributed by atoms with Crippen molar-refractivity contribution in [1.29, 1.82) is 0 Å². The molecule has 1 aliphatic rings. The average Bonchev–Trinajstić information content (AvgIpc) is 3.17. The van der Waals surface area contributed by atoms with Crippen molar-refractivity contribution in [3.63, 3.8) is 0 Å². The van der Waals surface area contributed by atoms with Gasteiger partial charge in [-0.2, -0.15) is 0 Å². The average molecular weight is 372 g/mol. The largest absolute Gasteiger partial charge is 0.366 e. The van der Waals surface area contributed by atoms with Gasteiger partial charge in [0.2, 0.25) is 0 Å². The van der Waals surface area contributed by atoms with Gasteiger partial charge >= 0.3 is 0 Å². The SMILES string of the molecule is NC(=O)c1cc(-c2ccc(F)cc2)cc2c([C@@H]3CCS(=O)(=O)C3)c[nH]c12. The van der Waals surface area contributed by atoms with Gasteiger partial charge in [-0.25, -0.2) is 12.8 Å². The molecule has 3 N–H and O–H groups in total. The molecule has 3 aromatic rings. The third kappa shape index (κ3) is 2.88. The number of fused-ring (bicyclic) bond motifs is 1. The van der Waals surface area contributed by atoms with Gasteiger partial charge in [0.15, 0.2) is 9.84 Å². The molecule has 26 heavy (non-hydrogen) atoms. The number of nitrogens with two attached hydrogens (primary N) is 1. The number of benzene rings is 2. The van der Waals surface area contributed by atoms with E-state index in [-0.39, 0.29) is 23.2 Å². The van der Waals surface area contributed by atoms with Crippen molar-refractivity contribution in [2.45, 2.75) is 12.3 Å². The minimum Gasteiger partial charge on any atom is -0.366 e. The number of amides is 1. The van der Waals surface area contributed by atoms with E-state index in [2.05, 4.69) is 4.98 Å². The summed E-state index contributed by atoms with van der Waals surface area (Å²) in [6.45, 7) is 0. The van der Waals surface area contributed by atoms with Crippen LogP contribution >= 0.6 is 0 Å². The fraction of sp³-hybridized carbons (Fsp3) is 0.211. The van der Waals surface area contributed by atoms with Crippen LogP contribution in [-0.4, -0.2) is 30.8 Å². The summed E-state index contributed by atoms with van der Waals surface area (Å²) in [5.41, 5.74) is 8.82. The number of H-pyrrole nitrogens is 1. The first-order valence-corrected chi connectivity index (χ1v) is 10.1. The van der Waals surface area contributed by atoms with E-state index in [1.54, 1.807) is 24.4 Å². The summed E-state index contributed by atoms with van der Waals surface area (Å²) >= 11 is 0. The molecule has 2 aromatic carbocycles. The Morgan fingerprint density at radius 1 is 1.15 bits per heavy atom. The van der Waals surface area contributed by atoms with Gasteiger partial charge in [0.1, 0.15) is 5.82 Å². The van der Waals surface area contributed by atoms with Gasteiger partial charge in [0.05, 0.1) is 22.6 Å². The molecule has 2 heterocycles. The molecule has 0 bridgehead atoms. The normalized spacial score (nSPS) is 19.0. The minimum absolute atomic E-state index is 0.104. The number of sulfone groups is 1. The van der Waals surface area contributed by atoms with Crippen LogP contribution in [0, 0.1) is 5.82 Å². The number of primary amides is 1. The monoisotopic (exact) mass is 372 g/mol. The molecule has 1 amide bonds. The van der Waals surface area contributed by atoms with E-state index in [9.17, 15) is 17.6 Å². The van der Waals surface area contributed by atoms with Gasteiger partial charge in [-0.1, -0.05) is 12.1 Å². The molecule has 0 radical (unpaired) electrons. The van der Waals surface area contributed by atoms with Gasteiger partial charge in [-0.3, -0.25) is 4.79 Å². The van der Waals surface area contributed by atoms with Gasteiger partial charge < -0.3 is 10.7 Å². The van der Waals surface area contributed by atoms with Crippen molar-refractivity contribution in [3.8, 4) is 11.1 Å². The second kappa shape index (κ2) is 5.95. The zero-order valence-corrected chi connectivity index (χ0v) is 14.6. The summed E-state index contributed by atoms with van der Waals surface area (Å²) in [5, 5.41) is 0.780. The van der Waals surface area contributed by atoms with Crippen LogP contribution < -0.4 is 5.73 Å². The summed E-state index contributed by atoms with van der Waals surface area (Å²) in [6, 6.07) is 9.53.